The Morgan fingerprint density at radius 2 is 1.68 bits per heavy atom. The second kappa shape index (κ2) is 9.80. The zero-order chi connectivity index (χ0) is 24.4. The normalized spacial score (nSPS) is 13.1. The van der Waals surface area contributed by atoms with E-state index >= 15 is 0 Å². The molecule has 0 aliphatic carbocycles. The SMILES string of the molecule is CCC(C)c1ccc(C(CC)NC(=O)c2cc(-c3c(C)nn(C)c3C)nc3ccccc23)cc1. The lowest BCUT2D eigenvalue weighted by atomic mass is 9.95. The first-order chi connectivity index (χ1) is 16.3. The fourth-order valence-corrected chi connectivity index (χ4v) is 4.59. The number of hydrogen-bond donors (Lipinski definition) is 1. The minimum Gasteiger partial charge on any atom is -0.345 e. The Hall–Kier alpha value is -3.47. The molecule has 4 rings (SSSR count). The van der Waals surface area contributed by atoms with E-state index in [1.54, 1.807) is 0 Å². The van der Waals surface area contributed by atoms with Crippen LogP contribution in [0.1, 0.15) is 78.4 Å². The van der Waals surface area contributed by atoms with Crippen molar-refractivity contribution in [3.8, 4) is 11.3 Å². The summed E-state index contributed by atoms with van der Waals surface area (Å²) in [7, 11) is 1.93. The van der Waals surface area contributed by atoms with E-state index in [0.29, 0.717) is 11.5 Å². The third-order valence-corrected chi connectivity index (χ3v) is 6.96. The quantitative estimate of drug-likeness (QED) is 0.340. The molecule has 2 atom stereocenters. The predicted octanol–water partition coefficient (Wildman–Crippen LogP) is 6.65. The van der Waals surface area contributed by atoms with Crippen LogP contribution in [-0.2, 0) is 7.05 Å². The molecule has 2 unspecified atom stereocenters. The first-order valence-electron chi connectivity index (χ1n) is 12.1. The molecule has 0 aliphatic rings. The number of carbonyl (C=O) groups excluding carboxylic acids is 1. The molecule has 2 heterocycles. The molecule has 0 saturated carbocycles. The Balaban J connectivity index is 1.71. The number of hydrogen-bond acceptors (Lipinski definition) is 3. The van der Waals surface area contributed by atoms with Gasteiger partial charge < -0.3 is 5.32 Å². The van der Waals surface area contributed by atoms with Crippen molar-refractivity contribution in [2.24, 2.45) is 7.05 Å². The molecule has 1 N–H and O–H groups in total. The number of aryl methyl sites for hydroxylation is 2. The summed E-state index contributed by atoms with van der Waals surface area (Å²) in [6, 6.07) is 18.3. The van der Waals surface area contributed by atoms with E-state index in [9.17, 15) is 4.79 Å². The molecule has 0 saturated heterocycles. The highest BCUT2D eigenvalue weighted by Gasteiger charge is 2.20. The van der Waals surface area contributed by atoms with Gasteiger partial charge in [0, 0.05) is 23.7 Å². The Kier molecular flexibility index (Phi) is 6.82. The van der Waals surface area contributed by atoms with Crippen molar-refractivity contribution >= 4 is 16.8 Å². The van der Waals surface area contributed by atoms with Crippen molar-refractivity contribution < 1.29 is 4.79 Å². The van der Waals surface area contributed by atoms with Crippen LogP contribution in [0.4, 0.5) is 0 Å². The van der Waals surface area contributed by atoms with Gasteiger partial charge in [-0.2, -0.15) is 5.10 Å². The molecular weight excluding hydrogens is 420 g/mol. The van der Waals surface area contributed by atoms with E-state index in [-0.39, 0.29) is 11.9 Å². The molecular formula is C29H34N4O. The van der Waals surface area contributed by atoms with Crippen LogP contribution in [0.2, 0.25) is 0 Å². The van der Waals surface area contributed by atoms with Gasteiger partial charge in [-0.3, -0.25) is 9.48 Å². The molecule has 2 aromatic heterocycles. The number of rotatable bonds is 7. The summed E-state index contributed by atoms with van der Waals surface area (Å²) >= 11 is 0. The Morgan fingerprint density at radius 3 is 2.29 bits per heavy atom. The molecule has 0 bridgehead atoms. The van der Waals surface area contributed by atoms with Gasteiger partial charge >= 0.3 is 0 Å². The highest BCUT2D eigenvalue weighted by Crippen LogP contribution is 2.30. The number of nitrogens with zero attached hydrogens (tertiary/aromatic N) is 3. The second-order valence-corrected chi connectivity index (χ2v) is 9.15. The molecule has 176 valence electrons. The zero-order valence-corrected chi connectivity index (χ0v) is 21.0. The Morgan fingerprint density at radius 1 is 1.00 bits per heavy atom. The van der Waals surface area contributed by atoms with Crippen molar-refractivity contribution in [1.29, 1.82) is 0 Å². The summed E-state index contributed by atoms with van der Waals surface area (Å²) in [5.41, 5.74) is 7.59. The summed E-state index contributed by atoms with van der Waals surface area (Å²) in [4.78, 5) is 18.5. The maximum absolute atomic E-state index is 13.6. The van der Waals surface area contributed by atoms with E-state index in [0.717, 1.165) is 52.0 Å². The van der Waals surface area contributed by atoms with Crippen LogP contribution >= 0.6 is 0 Å². The van der Waals surface area contributed by atoms with Gasteiger partial charge in [-0.25, -0.2) is 4.98 Å². The fraction of sp³-hybridized carbons (Fsp3) is 0.345. The highest BCUT2D eigenvalue weighted by molar-refractivity contribution is 6.07. The summed E-state index contributed by atoms with van der Waals surface area (Å²) < 4.78 is 1.86. The number of nitrogens with one attached hydrogen (secondary N) is 1. The third-order valence-electron chi connectivity index (χ3n) is 6.96. The number of benzene rings is 2. The van der Waals surface area contributed by atoms with Gasteiger partial charge in [-0.1, -0.05) is 63.2 Å². The number of amides is 1. The lowest BCUT2D eigenvalue weighted by Gasteiger charge is -2.20. The lowest BCUT2D eigenvalue weighted by Crippen LogP contribution is -2.28. The van der Waals surface area contributed by atoms with E-state index in [1.165, 1.54) is 5.56 Å². The van der Waals surface area contributed by atoms with Gasteiger partial charge in [0.25, 0.3) is 5.91 Å². The maximum Gasteiger partial charge on any atom is 0.252 e. The second-order valence-electron chi connectivity index (χ2n) is 9.15. The third kappa shape index (κ3) is 4.47. The molecule has 5 heteroatoms. The summed E-state index contributed by atoms with van der Waals surface area (Å²) in [5, 5.41) is 8.68. The van der Waals surface area contributed by atoms with Crippen LogP contribution < -0.4 is 5.32 Å². The van der Waals surface area contributed by atoms with Crippen LogP contribution in [-0.4, -0.2) is 20.7 Å². The van der Waals surface area contributed by atoms with Crippen molar-refractivity contribution in [3.63, 3.8) is 0 Å². The van der Waals surface area contributed by atoms with Crippen LogP contribution in [0.5, 0.6) is 0 Å². The van der Waals surface area contributed by atoms with Crippen LogP contribution in [0.25, 0.3) is 22.2 Å². The smallest absolute Gasteiger partial charge is 0.252 e. The van der Waals surface area contributed by atoms with E-state index < -0.39 is 0 Å². The number of aromatic nitrogens is 3. The first-order valence-corrected chi connectivity index (χ1v) is 12.1. The standard InChI is InChI=1S/C29H34N4O/c1-7-18(3)21-13-15-22(16-14-21)25(8-2)31-29(34)24-17-27(28-19(4)32-33(6)20(28)5)30-26-12-10-9-11-23(24)26/h9-18,25H,7-8H2,1-6H3,(H,31,34). The molecule has 0 radical (unpaired) electrons. The average molecular weight is 455 g/mol. The van der Waals surface area contributed by atoms with Gasteiger partial charge in [-0.05, 0) is 55.9 Å². The average Bonchev–Trinajstić information content (AvgIpc) is 3.11. The number of carbonyl (C=O) groups is 1. The van der Waals surface area contributed by atoms with Crippen LogP contribution in [0, 0.1) is 13.8 Å². The number of fused-ring (bicyclic) bond motifs is 1. The van der Waals surface area contributed by atoms with Gasteiger partial charge in [0.15, 0.2) is 0 Å². The first kappa shape index (κ1) is 23.7. The Labute approximate surface area is 202 Å². The van der Waals surface area contributed by atoms with E-state index in [2.05, 4.69) is 55.5 Å². The fourth-order valence-electron chi connectivity index (χ4n) is 4.59. The van der Waals surface area contributed by atoms with Gasteiger partial charge in [0.05, 0.1) is 28.5 Å². The summed E-state index contributed by atoms with van der Waals surface area (Å²) in [5.74, 6) is 0.446. The number of pyridine rings is 1. The molecule has 2 aromatic carbocycles. The molecule has 0 spiro atoms. The van der Waals surface area contributed by atoms with Gasteiger partial charge in [0.1, 0.15) is 0 Å². The van der Waals surface area contributed by atoms with Crippen molar-refractivity contribution in [3.05, 3.63) is 82.7 Å². The molecule has 1 amide bonds. The van der Waals surface area contributed by atoms with Crippen molar-refractivity contribution in [2.75, 3.05) is 0 Å². The van der Waals surface area contributed by atoms with Gasteiger partial charge in [0.2, 0.25) is 0 Å². The lowest BCUT2D eigenvalue weighted by molar-refractivity contribution is 0.0937. The highest BCUT2D eigenvalue weighted by atomic mass is 16.1. The topological polar surface area (TPSA) is 59.8 Å². The minimum absolute atomic E-state index is 0.0595. The molecule has 0 fully saturated rings. The summed E-state index contributed by atoms with van der Waals surface area (Å²) in [6.07, 6.45) is 1.92. The van der Waals surface area contributed by atoms with Crippen molar-refractivity contribution in [1.82, 2.24) is 20.1 Å². The zero-order valence-electron chi connectivity index (χ0n) is 21.0. The van der Waals surface area contributed by atoms with Crippen LogP contribution in [0.15, 0.2) is 54.6 Å². The Bertz CT molecular complexity index is 1320. The minimum atomic E-state index is -0.0862. The molecule has 4 aromatic rings. The summed E-state index contributed by atoms with van der Waals surface area (Å²) in [6.45, 7) is 10.6. The number of para-hydroxylation sites is 1. The largest absolute Gasteiger partial charge is 0.345 e. The van der Waals surface area contributed by atoms with Crippen molar-refractivity contribution in [2.45, 2.75) is 59.4 Å². The molecule has 0 aliphatic heterocycles. The predicted molar refractivity (Wildman–Crippen MR) is 139 cm³/mol. The van der Waals surface area contributed by atoms with Gasteiger partial charge in [-0.15, -0.1) is 0 Å². The molecule has 5 nitrogen and oxygen atoms in total. The van der Waals surface area contributed by atoms with Crippen LogP contribution in [0.3, 0.4) is 0 Å². The van der Waals surface area contributed by atoms with E-state index in [1.807, 2.05) is 55.9 Å². The maximum atomic E-state index is 13.6. The molecule has 34 heavy (non-hydrogen) atoms. The van der Waals surface area contributed by atoms with E-state index in [4.69, 9.17) is 4.98 Å². The monoisotopic (exact) mass is 454 g/mol.